The van der Waals surface area contributed by atoms with E-state index in [9.17, 15) is 4.79 Å². The van der Waals surface area contributed by atoms with Crippen LogP contribution < -0.4 is 5.73 Å². The average molecular weight is 318 g/mol. The number of hydrogen-bond acceptors (Lipinski definition) is 2. The van der Waals surface area contributed by atoms with Crippen molar-refractivity contribution in [2.24, 2.45) is 5.73 Å². The van der Waals surface area contributed by atoms with Gasteiger partial charge in [0.1, 0.15) is 0 Å². The molecule has 17 heavy (non-hydrogen) atoms. The first-order chi connectivity index (χ1) is 8.00. The maximum Gasteiger partial charge on any atom is 0.254 e. The number of benzene rings is 1. The van der Waals surface area contributed by atoms with Crippen molar-refractivity contribution in [3.05, 3.63) is 33.3 Å². The molecule has 2 atom stereocenters. The van der Waals surface area contributed by atoms with Crippen LogP contribution in [0.15, 0.2) is 22.7 Å². The summed E-state index contributed by atoms with van der Waals surface area (Å²) in [7, 11) is 0. The second-order valence-corrected chi connectivity index (χ2v) is 5.58. The Hall–Kier alpha value is -0.580. The van der Waals surface area contributed by atoms with Gasteiger partial charge in [-0.25, -0.2) is 0 Å². The molecule has 2 unspecified atom stereocenters. The van der Waals surface area contributed by atoms with Gasteiger partial charge >= 0.3 is 0 Å². The fraction of sp³-hybridized carbons (Fsp3) is 0.417. The molecule has 1 aromatic carbocycles. The molecule has 5 heteroatoms. The quantitative estimate of drug-likeness (QED) is 0.865. The molecule has 1 heterocycles. The normalized spacial score (nSPS) is 24.1. The number of carbonyl (C=O) groups excluding carboxylic acids is 1. The SMILES string of the molecule is CC1C(N)CCN1C(=O)c1ccc(Br)c(Cl)c1. The third-order valence-electron chi connectivity index (χ3n) is 3.24. The zero-order valence-corrected chi connectivity index (χ0v) is 11.8. The Balaban J connectivity index is 2.22. The molecular weight excluding hydrogens is 304 g/mol. The predicted molar refractivity (Wildman–Crippen MR) is 72.2 cm³/mol. The number of likely N-dealkylation sites (tertiary alicyclic amines) is 1. The highest BCUT2D eigenvalue weighted by Crippen LogP contribution is 2.25. The van der Waals surface area contributed by atoms with Gasteiger partial charge in [0, 0.05) is 28.7 Å². The van der Waals surface area contributed by atoms with Gasteiger partial charge in [-0.3, -0.25) is 4.79 Å². The minimum absolute atomic E-state index is 0.000139. The summed E-state index contributed by atoms with van der Waals surface area (Å²) >= 11 is 9.29. The van der Waals surface area contributed by atoms with E-state index in [1.165, 1.54) is 0 Å². The molecule has 1 amide bonds. The molecule has 0 radical (unpaired) electrons. The Morgan fingerprint density at radius 3 is 2.82 bits per heavy atom. The number of carbonyl (C=O) groups is 1. The highest BCUT2D eigenvalue weighted by atomic mass is 79.9. The number of amides is 1. The lowest BCUT2D eigenvalue weighted by atomic mass is 10.1. The van der Waals surface area contributed by atoms with Crippen LogP contribution in [0.2, 0.25) is 5.02 Å². The van der Waals surface area contributed by atoms with E-state index in [1.54, 1.807) is 18.2 Å². The minimum atomic E-state index is -0.000139. The Kier molecular flexibility index (Phi) is 3.76. The molecule has 2 N–H and O–H groups in total. The van der Waals surface area contributed by atoms with Crippen LogP contribution >= 0.6 is 27.5 Å². The molecule has 0 spiro atoms. The van der Waals surface area contributed by atoms with E-state index in [-0.39, 0.29) is 18.0 Å². The summed E-state index contributed by atoms with van der Waals surface area (Å²) in [4.78, 5) is 14.1. The molecule has 1 aliphatic rings. The lowest BCUT2D eigenvalue weighted by molar-refractivity contribution is 0.0742. The van der Waals surface area contributed by atoms with Crippen LogP contribution in [-0.2, 0) is 0 Å². The summed E-state index contributed by atoms with van der Waals surface area (Å²) in [6.45, 7) is 2.70. The standard InChI is InChI=1S/C12H14BrClN2O/c1-7-11(15)4-5-16(7)12(17)8-2-3-9(13)10(14)6-8/h2-3,6-7,11H,4-5,15H2,1H3. The van der Waals surface area contributed by atoms with Crippen molar-refractivity contribution in [2.75, 3.05) is 6.54 Å². The maximum atomic E-state index is 12.3. The van der Waals surface area contributed by atoms with E-state index in [4.69, 9.17) is 17.3 Å². The molecule has 1 saturated heterocycles. The Labute approximate surface area is 114 Å². The van der Waals surface area contributed by atoms with Gasteiger partial charge in [-0.2, -0.15) is 0 Å². The van der Waals surface area contributed by atoms with E-state index in [0.717, 1.165) is 17.4 Å². The smallest absolute Gasteiger partial charge is 0.254 e. The first kappa shape index (κ1) is 12.9. The number of nitrogens with zero attached hydrogens (tertiary/aromatic N) is 1. The Morgan fingerprint density at radius 2 is 2.29 bits per heavy atom. The third-order valence-corrected chi connectivity index (χ3v) is 4.47. The van der Waals surface area contributed by atoms with Gasteiger partial charge in [0.15, 0.2) is 0 Å². The van der Waals surface area contributed by atoms with Crippen molar-refractivity contribution in [1.29, 1.82) is 0 Å². The Morgan fingerprint density at radius 1 is 1.59 bits per heavy atom. The second kappa shape index (κ2) is 4.96. The van der Waals surface area contributed by atoms with Crippen molar-refractivity contribution in [1.82, 2.24) is 4.90 Å². The van der Waals surface area contributed by atoms with Crippen molar-refractivity contribution < 1.29 is 4.79 Å². The molecule has 0 saturated carbocycles. The van der Waals surface area contributed by atoms with Crippen LogP contribution in [0.4, 0.5) is 0 Å². The van der Waals surface area contributed by atoms with Gasteiger partial charge in [0.05, 0.1) is 5.02 Å². The van der Waals surface area contributed by atoms with Crippen molar-refractivity contribution in [3.8, 4) is 0 Å². The molecule has 2 rings (SSSR count). The largest absolute Gasteiger partial charge is 0.334 e. The van der Waals surface area contributed by atoms with Crippen molar-refractivity contribution in [2.45, 2.75) is 25.4 Å². The van der Waals surface area contributed by atoms with Crippen molar-refractivity contribution in [3.63, 3.8) is 0 Å². The monoisotopic (exact) mass is 316 g/mol. The van der Waals surface area contributed by atoms with Gasteiger partial charge in [-0.1, -0.05) is 11.6 Å². The summed E-state index contributed by atoms with van der Waals surface area (Å²) in [5.74, 6) is -0.000139. The van der Waals surface area contributed by atoms with Crippen LogP contribution in [-0.4, -0.2) is 29.4 Å². The van der Waals surface area contributed by atoms with E-state index < -0.39 is 0 Å². The number of halogens is 2. The molecule has 0 aliphatic carbocycles. The molecule has 0 bridgehead atoms. The minimum Gasteiger partial charge on any atom is -0.334 e. The van der Waals surface area contributed by atoms with Crippen molar-refractivity contribution >= 4 is 33.4 Å². The topological polar surface area (TPSA) is 46.3 Å². The molecule has 1 fully saturated rings. The lowest BCUT2D eigenvalue weighted by Gasteiger charge is -2.23. The molecule has 92 valence electrons. The van der Waals surface area contributed by atoms with Crippen LogP contribution in [0.25, 0.3) is 0 Å². The number of rotatable bonds is 1. The maximum absolute atomic E-state index is 12.3. The average Bonchev–Trinajstić information content (AvgIpc) is 2.63. The molecule has 3 nitrogen and oxygen atoms in total. The summed E-state index contributed by atoms with van der Waals surface area (Å²) < 4.78 is 0.793. The third kappa shape index (κ3) is 2.49. The van der Waals surface area contributed by atoms with Crippen LogP contribution in [0.1, 0.15) is 23.7 Å². The number of hydrogen-bond donors (Lipinski definition) is 1. The first-order valence-corrected chi connectivity index (χ1v) is 6.69. The molecule has 1 aromatic rings. The fourth-order valence-electron chi connectivity index (χ4n) is 2.05. The molecule has 0 aromatic heterocycles. The lowest BCUT2D eigenvalue weighted by Crippen LogP contribution is -2.40. The van der Waals surface area contributed by atoms with Gasteiger partial charge in [-0.05, 0) is 47.5 Å². The van der Waals surface area contributed by atoms with Crippen LogP contribution in [0, 0.1) is 0 Å². The Bertz CT molecular complexity index is 452. The summed E-state index contributed by atoms with van der Waals surface area (Å²) in [6, 6.07) is 5.41. The first-order valence-electron chi connectivity index (χ1n) is 5.52. The highest BCUT2D eigenvalue weighted by Gasteiger charge is 2.31. The zero-order chi connectivity index (χ0) is 12.6. The fourth-order valence-corrected chi connectivity index (χ4v) is 2.47. The highest BCUT2D eigenvalue weighted by molar-refractivity contribution is 9.10. The molecule has 1 aliphatic heterocycles. The van der Waals surface area contributed by atoms with E-state index in [1.807, 2.05) is 11.8 Å². The summed E-state index contributed by atoms with van der Waals surface area (Å²) in [5.41, 5.74) is 6.52. The molecular formula is C12H14BrClN2O. The van der Waals surface area contributed by atoms with Gasteiger partial charge < -0.3 is 10.6 Å². The van der Waals surface area contributed by atoms with Crippen LogP contribution in [0.3, 0.4) is 0 Å². The zero-order valence-electron chi connectivity index (χ0n) is 9.49. The number of nitrogens with two attached hydrogens (primary N) is 1. The van der Waals surface area contributed by atoms with Gasteiger partial charge in [0.2, 0.25) is 0 Å². The van der Waals surface area contributed by atoms with Gasteiger partial charge in [0.25, 0.3) is 5.91 Å². The summed E-state index contributed by atoms with van der Waals surface area (Å²) in [6.07, 6.45) is 0.858. The van der Waals surface area contributed by atoms with Gasteiger partial charge in [-0.15, -0.1) is 0 Å². The van der Waals surface area contributed by atoms with Crippen LogP contribution in [0.5, 0.6) is 0 Å². The predicted octanol–water partition coefficient (Wildman–Crippen LogP) is 2.66. The summed E-state index contributed by atoms with van der Waals surface area (Å²) in [5, 5.41) is 0.548. The van der Waals surface area contributed by atoms with E-state index >= 15 is 0 Å². The second-order valence-electron chi connectivity index (χ2n) is 4.32. The van der Waals surface area contributed by atoms with E-state index in [2.05, 4.69) is 15.9 Å². The van der Waals surface area contributed by atoms with E-state index in [0.29, 0.717) is 10.6 Å².